The van der Waals surface area contributed by atoms with Crippen molar-refractivity contribution in [3.63, 3.8) is 0 Å². The van der Waals surface area contributed by atoms with Crippen molar-refractivity contribution in [3.8, 4) is 11.1 Å². The second-order valence-electron chi connectivity index (χ2n) is 7.47. The standard InChI is InChI=1S/C25H23BrN6O2S/c1-17(18-12-14-20(15-13-18)35(33,34)27-2)31-32-24-22(21-10-6-7-11-23(21)26)16-28-25(30-24)29-19-8-4-3-5-9-19/h3-16,27H,1-2H3,(H2,28,29,30,32). The Balaban J connectivity index is 1.66. The Kier molecular flexibility index (Phi) is 7.54. The minimum absolute atomic E-state index is 0.188. The van der Waals surface area contributed by atoms with Crippen molar-refractivity contribution in [2.75, 3.05) is 17.8 Å². The fraction of sp³-hybridized carbons (Fsp3) is 0.0800. The minimum Gasteiger partial charge on any atom is -0.324 e. The summed E-state index contributed by atoms with van der Waals surface area (Å²) in [5, 5.41) is 7.71. The Morgan fingerprint density at radius 1 is 0.914 bits per heavy atom. The Labute approximate surface area is 212 Å². The van der Waals surface area contributed by atoms with Crippen LogP contribution in [0.2, 0.25) is 0 Å². The number of benzene rings is 3. The highest BCUT2D eigenvalue weighted by molar-refractivity contribution is 9.10. The molecule has 0 unspecified atom stereocenters. The van der Waals surface area contributed by atoms with E-state index in [9.17, 15) is 8.42 Å². The van der Waals surface area contributed by atoms with Crippen LogP contribution in [0.1, 0.15) is 12.5 Å². The average Bonchev–Trinajstić information content (AvgIpc) is 2.88. The molecule has 3 aromatic carbocycles. The lowest BCUT2D eigenvalue weighted by molar-refractivity contribution is 0.588. The molecular formula is C25H23BrN6O2S. The van der Waals surface area contributed by atoms with Gasteiger partial charge in [0.15, 0.2) is 5.82 Å². The Morgan fingerprint density at radius 3 is 2.29 bits per heavy atom. The van der Waals surface area contributed by atoms with Gasteiger partial charge in [0.2, 0.25) is 16.0 Å². The van der Waals surface area contributed by atoms with Gasteiger partial charge in [-0.25, -0.2) is 18.1 Å². The van der Waals surface area contributed by atoms with Gasteiger partial charge in [-0.05, 0) is 49.9 Å². The zero-order valence-electron chi connectivity index (χ0n) is 19.0. The summed E-state index contributed by atoms with van der Waals surface area (Å²) in [6.07, 6.45) is 1.74. The van der Waals surface area contributed by atoms with Gasteiger partial charge in [0.05, 0.1) is 10.6 Å². The molecular weight excluding hydrogens is 528 g/mol. The highest BCUT2D eigenvalue weighted by Crippen LogP contribution is 2.33. The van der Waals surface area contributed by atoms with Crippen LogP contribution in [0.3, 0.4) is 0 Å². The van der Waals surface area contributed by atoms with Crippen LogP contribution in [0.25, 0.3) is 11.1 Å². The minimum atomic E-state index is -3.50. The molecule has 0 aliphatic rings. The van der Waals surface area contributed by atoms with E-state index < -0.39 is 10.0 Å². The molecule has 0 aliphatic heterocycles. The van der Waals surface area contributed by atoms with Gasteiger partial charge in [-0.3, -0.25) is 5.43 Å². The van der Waals surface area contributed by atoms with Crippen molar-refractivity contribution in [2.45, 2.75) is 11.8 Å². The largest absolute Gasteiger partial charge is 0.324 e. The number of sulfonamides is 1. The maximum atomic E-state index is 12.0. The fourth-order valence-electron chi connectivity index (χ4n) is 3.25. The lowest BCUT2D eigenvalue weighted by atomic mass is 10.1. The first-order valence-electron chi connectivity index (χ1n) is 10.7. The average molecular weight is 551 g/mol. The van der Waals surface area contributed by atoms with E-state index in [-0.39, 0.29) is 4.90 Å². The van der Waals surface area contributed by atoms with Crippen molar-refractivity contribution in [3.05, 3.63) is 95.1 Å². The van der Waals surface area contributed by atoms with Gasteiger partial charge in [0, 0.05) is 27.5 Å². The first-order valence-corrected chi connectivity index (χ1v) is 12.9. The SMILES string of the molecule is CNS(=O)(=O)c1ccc(C(C)=NNc2nc(Nc3ccccc3)ncc2-c2ccccc2Br)cc1. The molecule has 8 nitrogen and oxygen atoms in total. The van der Waals surface area contributed by atoms with E-state index in [4.69, 9.17) is 0 Å². The summed E-state index contributed by atoms with van der Waals surface area (Å²) < 4.78 is 27.2. The third-order valence-corrected chi connectivity index (χ3v) is 7.29. The number of para-hydroxylation sites is 1. The summed E-state index contributed by atoms with van der Waals surface area (Å²) in [4.78, 5) is 9.33. The highest BCUT2D eigenvalue weighted by atomic mass is 79.9. The number of nitrogens with one attached hydrogen (secondary N) is 3. The van der Waals surface area contributed by atoms with Gasteiger partial charge in [0.25, 0.3) is 0 Å². The zero-order chi connectivity index (χ0) is 24.8. The van der Waals surface area contributed by atoms with Crippen LogP contribution in [0.4, 0.5) is 17.5 Å². The number of rotatable bonds is 8. The maximum absolute atomic E-state index is 12.0. The Bertz CT molecular complexity index is 1460. The third kappa shape index (κ3) is 5.91. The summed E-state index contributed by atoms with van der Waals surface area (Å²) in [6.45, 7) is 1.83. The summed E-state index contributed by atoms with van der Waals surface area (Å²) in [5.74, 6) is 0.933. The van der Waals surface area contributed by atoms with E-state index in [0.717, 1.165) is 26.9 Å². The third-order valence-electron chi connectivity index (χ3n) is 5.16. The molecule has 1 heterocycles. The Hall–Kier alpha value is -3.60. The molecule has 0 amide bonds. The molecule has 0 fully saturated rings. The molecule has 0 saturated heterocycles. The number of anilines is 3. The molecule has 35 heavy (non-hydrogen) atoms. The molecule has 1 aromatic heterocycles. The molecule has 0 spiro atoms. The van der Waals surface area contributed by atoms with Gasteiger partial charge in [0.1, 0.15) is 0 Å². The lowest BCUT2D eigenvalue weighted by Crippen LogP contribution is -2.18. The first kappa shape index (κ1) is 24.5. The van der Waals surface area contributed by atoms with E-state index in [2.05, 4.69) is 46.5 Å². The van der Waals surface area contributed by atoms with Crippen molar-refractivity contribution in [1.82, 2.24) is 14.7 Å². The molecule has 0 bridgehead atoms. The van der Waals surface area contributed by atoms with Crippen LogP contribution in [-0.4, -0.2) is 31.1 Å². The number of hydrogen-bond acceptors (Lipinski definition) is 7. The lowest BCUT2D eigenvalue weighted by Gasteiger charge is -2.13. The smallest absolute Gasteiger partial charge is 0.240 e. The molecule has 4 aromatic rings. The van der Waals surface area contributed by atoms with Gasteiger partial charge in [-0.1, -0.05) is 64.5 Å². The van der Waals surface area contributed by atoms with Crippen LogP contribution < -0.4 is 15.5 Å². The van der Waals surface area contributed by atoms with Crippen molar-refractivity contribution >= 4 is 49.1 Å². The second-order valence-corrected chi connectivity index (χ2v) is 10.2. The molecule has 0 atom stereocenters. The topological polar surface area (TPSA) is 108 Å². The monoisotopic (exact) mass is 550 g/mol. The summed E-state index contributed by atoms with van der Waals surface area (Å²) in [5.41, 5.74) is 7.04. The maximum Gasteiger partial charge on any atom is 0.240 e. The normalized spacial score (nSPS) is 11.8. The second kappa shape index (κ2) is 10.8. The van der Waals surface area contributed by atoms with E-state index in [0.29, 0.717) is 17.5 Å². The van der Waals surface area contributed by atoms with E-state index >= 15 is 0 Å². The number of aromatic nitrogens is 2. The van der Waals surface area contributed by atoms with Crippen LogP contribution in [0.5, 0.6) is 0 Å². The molecule has 0 radical (unpaired) electrons. The number of hydrazone groups is 1. The summed E-state index contributed by atoms with van der Waals surface area (Å²) >= 11 is 3.60. The predicted molar refractivity (Wildman–Crippen MR) is 143 cm³/mol. The zero-order valence-corrected chi connectivity index (χ0v) is 21.4. The summed E-state index contributed by atoms with van der Waals surface area (Å²) in [7, 11) is -2.12. The van der Waals surface area contributed by atoms with Crippen molar-refractivity contribution in [1.29, 1.82) is 0 Å². The molecule has 10 heteroatoms. The first-order chi connectivity index (χ1) is 16.9. The van der Waals surface area contributed by atoms with Crippen LogP contribution >= 0.6 is 15.9 Å². The van der Waals surface area contributed by atoms with E-state index in [1.165, 1.54) is 7.05 Å². The molecule has 178 valence electrons. The Morgan fingerprint density at radius 2 is 1.60 bits per heavy atom. The predicted octanol–water partition coefficient (Wildman–Crippen LogP) is 5.39. The molecule has 0 saturated carbocycles. The van der Waals surface area contributed by atoms with Gasteiger partial charge >= 0.3 is 0 Å². The molecule has 0 aliphatic carbocycles. The fourth-order valence-corrected chi connectivity index (χ4v) is 4.48. The van der Waals surface area contributed by atoms with Crippen LogP contribution in [0, 0.1) is 0 Å². The highest BCUT2D eigenvalue weighted by Gasteiger charge is 2.13. The molecule has 3 N–H and O–H groups in total. The number of halogens is 1. The van der Waals surface area contributed by atoms with E-state index in [1.54, 1.807) is 30.5 Å². The number of nitrogens with zero attached hydrogens (tertiary/aromatic N) is 3. The van der Waals surface area contributed by atoms with Gasteiger partial charge in [-0.15, -0.1) is 0 Å². The number of hydrogen-bond donors (Lipinski definition) is 3. The molecule has 4 rings (SSSR count). The van der Waals surface area contributed by atoms with Gasteiger partial charge in [-0.2, -0.15) is 10.1 Å². The van der Waals surface area contributed by atoms with Gasteiger partial charge < -0.3 is 5.32 Å². The quantitative estimate of drug-likeness (QED) is 0.200. The van der Waals surface area contributed by atoms with Crippen molar-refractivity contribution in [2.24, 2.45) is 5.10 Å². The van der Waals surface area contributed by atoms with Crippen molar-refractivity contribution < 1.29 is 8.42 Å². The van der Waals surface area contributed by atoms with Crippen LogP contribution in [-0.2, 0) is 10.0 Å². The van der Waals surface area contributed by atoms with E-state index in [1.807, 2.05) is 61.5 Å². The van der Waals surface area contributed by atoms with Crippen LogP contribution in [0.15, 0.2) is 99.5 Å². The summed E-state index contributed by atoms with van der Waals surface area (Å²) in [6, 6.07) is 23.9.